The van der Waals surface area contributed by atoms with E-state index in [2.05, 4.69) is 15.2 Å². The molecule has 0 saturated carbocycles. The topological polar surface area (TPSA) is 71.5 Å². The van der Waals surface area contributed by atoms with Crippen LogP contribution in [0.15, 0.2) is 42.6 Å². The highest BCUT2D eigenvalue weighted by molar-refractivity contribution is 5.95. The molecule has 1 aromatic carbocycles. The molecule has 6 nitrogen and oxygen atoms in total. The Balaban J connectivity index is 1.33. The molecule has 4 rings (SSSR count). The van der Waals surface area contributed by atoms with E-state index in [0.29, 0.717) is 18.5 Å². The predicted octanol–water partition coefficient (Wildman–Crippen LogP) is 2.86. The molecule has 0 bridgehead atoms. The molecule has 1 atom stereocenters. The summed E-state index contributed by atoms with van der Waals surface area (Å²) >= 11 is 0. The number of esters is 1. The van der Waals surface area contributed by atoms with E-state index in [-0.39, 0.29) is 5.91 Å². The Morgan fingerprint density at radius 1 is 1.11 bits per heavy atom. The van der Waals surface area contributed by atoms with Crippen LogP contribution in [0.4, 0.5) is 5.82 Å². The number of carbonyl (C=O) groups is 2. The van der Waals surface area contributed by atoms with E-state index in [0.717, 1.165) is 30.0 Å². The lowest BCUT2D eigenvalue weighted by Crippen LogP contribution is -2.41. The number of fused-ring (bicyclic) bond motifs is 1. The molecule has 28 heavy (non-hydrogen) atoms. The average Bonchev–Trinajstić information content (AvgIpc) is 3.02. The molecule has 2 aliphatic heterocycles. The second kappa shape index (κ2) is 8.42. The zero-order chi connectivity index (χ0) is 19.3. The monoisotopic (exact) mass is 379 g/mol. The van der Waals surface area contributed by atoms with Gasteiger partial charge in [0.15, 0.2) is 6.10 Å². The summed E-state index contributed by atoms with van der Waals surface area (Å²) in [4.78, 5) is 31.4. The number of pyridine rings is 1. The van der Waals surface area contributed by atoms with Crippen LogP contribution in [0.1, 0.15) is 47.2 Å². The van der Waals surface area contributed by atoms with Gasteiger partial charge in [-0.3, -0.25) is 4.79 Å². The van der Waals surface area contributed by atoms with Gasteiger partial charge in [-0.15, -0.1) is 0 Å². The zero-order valence-corrected chi connectivity index (χ0v) is 15.9. The van der Waals surface area contributed by atoms with Crippen molar-refractivity contribution in [3.8, 4) is 0 Å². The van der Waals surface area contributed by atoms with E-state index in [1.54, 1.807) is 12.1 Å². The van der Waals surface area contributed by atoms with Crippen LogP contribution in [0.25, 0.3) is 0 Å². The van der Waals surface area contributed by atoms with Crippen molar-refractivity contribution in [3.05, 3.63) is 59.3 Å². The normalized spacial score (nSPS) is 19.4. The molecule has 6 heteroatoms. The third-order valence-corrected chi connectivity index (χ3v) is 5.39. The van der Waals surface area contributed by atoms with E-state index in [9.17, 15) is 9.59 Å². The SMILES string of the molecule is O=C1OC(C(=O)NCc2ccc(N3CCCCCC3)nc2)Cc2ccccc21. The molecule has 3 heterocycles. The Labute approximate surface area is 164 Å². The van der Waals surface area contributed by atoms with Gasteiger partial charge < -0.3 is 15.0 Å². The summed E-state index contributed by atoms with van der Waals surface area (Å²) in [6, 6.07) is 11.3. The van der Waals surface area contributed by atoms with Gasteiger partial charge in [0.2, 0.25) is 0 Å². The van der Waals surface area contributed by atoms with Crippen molar-refractivity contribution in [3.63, 3.8) is 0 Å². The number of hydrogen-bond donors (Lipinski definition) is 1. The molecule has 1 saturated heterocycles. The van der Waals surface area contributed by atoms with Crippen molar-refractivity contribution < 1.29 is 14.3 Å². The highest BCUT2D eigenvalue weighted by atomic mass is 16.5. The van der Waals surface area contributed by atoms with Crippen LogP contribution in [0.5, 0.6) is 0 Å². The van der Waals surface area contributed by atoms with Crippen LogP contribution in [-0.2, 0) is 22.5 Å². The Morgan fingerprint density at radius 3 is 2.64 bits per heavy atom. The van der Waals surface area contributed by atoms with Crippen LogP contribution in [0.2, 0.25) is 0 Å². The molecule has 146 valence electrons. The fourth-order valence-corrected chi connectivity index (χ4v) is 3.79. The summed E-state index contributed by atoms with van der Waals surface area (Å²) in [5, 5.41) is 2.86. The number of anilines is 1. The van der Waals surface area contributed by atoms with Gasteiger partial charge in [-0.1, -0.05) is 37.1 Å². The van der Waals surface area contributed by atoms with Gasteiger partial charge in [-0.05, 0) is 36.1 Å². The number of benzene rings is 1. The number of aromatic nitrogens is 1. The Morgan fingerprint density at radius 2 is 1.89 bits per heavy atom. The Hall–Kier alpha value is -2.89. The maximum absolute atomic E-state index is 12.5. The molecule has 1 N–H and O–H groups in total. The van der Waals surface area contributed by atoms with Crippen LogP contribution in [0.3, 0.4) is 0 Å². The third-order valence-electron chi connectivity index (χ3n) is 5.39. The van der Waals surface area contributed by atoms with Gasteiger partial charge >= 0.3 is 5.97 Å². The van der Waals surface area contributed by atoms with E-state index < -0.39 is 12.1 Å². The molecule has 0 spiro atoms. The largest absolute Gasteiger partial charge is 0.448 e. The first-order chi connectivity index (χ1) is 13.7. The summed E-state index contributed by atoms with van der Waals surface area (Å²) in [5.41, 5.74) is 2.32. The van der Waals surface area contributed by atoms with Crippen molar-refractivity contribution in [2.24, 2.45) is 0 Å². The summed E-state index contributed by atoms with van der Waals surface area (Å²) in [6.45, 7) is 2.47. The first-order valence-corrected chi connectivity index (χ1v) is 9.97. The fourth-order valence-electron chi connectivity index (χ4n) is 3.79. The van der Waals surface area contributed by atoms with Gasteiger partial charge in [0.1, 0.15) is 5.82 Å². The maximum Gasteiger partial charge on any atom is 0.339 e. The van der Waals surface area contributed by atoms with Crippen LogP contribution in [0, 0.1) is 0 Å². The summed E-state index contributed by atoms with van der Waals surface area (Å²) < 4.78 is 5.30. The number of rotatable bonds is 4. The lowest BCUT2D eigenvalue weighted by atomic mass is 9.98. The van der Waals surface area contributed by atoms with Crippen molar-refractivity contribution in [2.75, 3.05) is 18.0 Å². The molecule has 0 radical (unpaired) electrons. The van der Waals surface area contributed by atoms with E-state index in [1.807, 2.05) is 30.5 Å². The quantitative estimate of drug-likeness (QED) is 0.827. The number of carbonyl (C=O) groups excluding carboxylic acids is 2. The minimum atomic E-state index is -0.785. The van der Waals surface area contributed by atoms with Gasteiger partial charge in [-0.25, -0.2) is 9.78 Å². The van der Waals surface area contributed by atoms with Crippen LogP contribution >= 0.6 is 0 Å². The predicted molar refractivity (Wildman–Crippen MR) is 106 cm³/mol. The second-order valence-electron chi connectivity index (χ2n) is 7.40. The number of hydrogen-bond acceptors (Lipinski definition) is 5. The van der Waals surface area contributed by atoms with Crippen molar-refractivity contribution in [2.45, 2.75) is 44.8 Å². The lowest BCUT2D eigenvalue weighted by molar-refractivity contribution is -0.130. The van der Waals surface area contributed by atoms with Crippen LogP contribution in [-0.4, -0.2) is 36.1 Å². The van der Waals surface area contributed by atoms with E-state index in [4.69, 9.17) is 4.74 Å². The van der Waals surface area contributed by atoms with Gasteiger partial charge in [-0.2, -0.15) is 0 Å². The molecule has 1 amide bonds. The fraction of sp³-hybridized carbons (Fsp3) is 0.409. The van der Waals surface area contributed by atoms with E-state index in [1.165, 1.54) is 25.7 Å². The molecular formula is C22H25N3O3. The number of nitrogens with zero attached hydrogens (tertiary/aromatic N) is 2. The molecule has 0 aliphatic carbocycles. The van der Waals surface area contributed by atoms with Crippen molar-refractivity contribution in [1.29, 1.82) is 0 Å². The first-order valence-electron chi connectivity index (χ1n) is 9.97. The van der Waals surface area contributed by atoms with E-state index >= 15 is 0 Å². The maximum atomic E-state index is 12.5. The second-order valence-corrected chi connectivity index (χ2v) is 7.40. The summed E-state index contributed by atoms with van der Waals surface area (Å²) in [6.07, 6.45) is 6.42. The summed E-state index contributed by atoms with van der Waals surface area (Å²) in [7, 11) is 0. The number of cyclic esters (lactones) is 1. The van der Waals surface area contributed by atoms with Crippen molar-refractivity contribution in [1.82, 2.24) is 10.3 Å². The minimum Gasteiger partial charge on any atom is -0.448 e. The minimum absolute atomic E-state index is 0.278. The highest BCUT2D eigenvalue weighted by Crippen LogP contribution is 2.21. The molecule has 2 aromatic rings. The van der Waals surface area contributed by atoms with Gasteiger partial charge in [0.05, 0.1) is 5.56 Å². The third kappa shape index (κ3) is 4.16. The van der Waals surface area contributed by atoms with Gasteiger partial charge in [0.25, 0.3) is 5.91 Å². The summed E-state index contributed by atoms with van der Waals surface area (Å²) in [5.74, 6) is 0.278. The van der Waals surface area contributed by atoms with Crippen LogP contribution < -0.4 is 10.2 Å². The molecule has 1 aromatic heterocycles. The standard InChI is InChI=1S/C22H25N3O3/c26-21(19-13-17-7-3-4-8-18(17)22(27)28-19)24-15-16-9-10-20(23-14-16)25-11-5-1-2-6-12-25/h3-4,7-10,14,19H,1-2,5-6,11-13,15H2,(H,24,26). The zero-order valence-electron chi connectivity index (χ0n) is 15.9. The number of nitrogens with one attached hydrogen (secondary N) is 1. The lowest BCUT2D eigenvalue weighted by Gasteiger charge is -2.24. The Kier molecular flexibility index (Phi) is 5.55. The number of amides is 1. The number of ether oxygens (including phenoxy) is 1. The van der Waals surface area contributed by atoms with Crippen molar-refractivity contribution >= 4 is 17.7 Å². The molecular weight excluding hydrogens is 354 g/mol. The first kappa shape index (κ1) is 18.5. The smallest absolute Gasteiger partial charge is 0.339 e. The molecule has 1 unspecified atom stereocenters. The van der Waals surface area contributed by atoms with Gasteiger partial charge in [0, 0.05) is 32.3 Å². The average molecular weight is 379 g/mol. The molecule has 2 aliphatic rings. The highest BCUT2D eigenvalue weighted by Gasteiger charge is 2.30. The molecule has 1 fully saturated rings. The Bertz CT molecular complexity index is 842.